The highest BCUT2D eigenvalue weighted by atomic mass is 16.7. The maximum Gasteiger partial charge on any atom is 0.321 e. The van der Waals surface area contributed by atoms with E-state index in [0.717, 1.165) is 0 Å². The number of hydrogen-bond acceptors (Lipinski definition) is 16. The topological polar surface area (TPSA) is 264 Å². The molecule has 11 atom stereocenters. The lowest BCUT2D eigenvalue weighted by molar-refractivity contribution is -0.258. The minimum absolute atomic E-state index is 0.00571. The van der Waals surface area contributed by atoms with Crippen molar-refractivity contribution in [3.05, 3.63) is 11.7 Å². The van der Waals surface area contributed by atoms with Crippen molar-refractivity contribution in [1.29, 1.82) is 0 Å². The molecule has 41 heavy (non-hydrogen) atoms. The summed E-state index contributed by atoms with van der Waals surface area (Å²) in [6, 6.07) is -2.73. The van der Waals surface area contributed by atoms with E-state index in [4.69, 9.17) is 41.3 Å². The Bertz CT molecular complexity index is 895. The minimum atomic E-state index is -1.41. The molecule has 16 nitrogen and oxygen atoms in total. The van der Waals surface area contributed by atoms with Crippen LogP contribution in [0.15, 0.2) is 11.7 Å². The van der Waals surface area contributed by atoms with Gasteiger partial charge in [-0.2, -0.15) is 0 Å². The third-order valence-electron chi connectivity index (χ3n) is 8.43. The molecule has 1 aliphatic carbocycles. The van der Waals surface area contributed by atoms with E-state index in [-0.39, 0.29) is 37.4 Å². The molecule has 4 aliphatic rings. The Morgan fingerprint density at radius 2 is 1.90 bits per heavy atom. The van der Waals surface area contributed by atoms with Crippen molar-refractivity contribution in [2.24, 2.45) is 17.2 Å². The Hall–Kier alpha value is -1.38. The van der Waals surface area contributed by atoms with Gasteiger partial charge in [0.15, 0.2) is 12.0 Å². The highest BCUT2D eigenvalue weighted by molar-refractivity contribution is 5.15. The molecule has 4 rings (SSSR count). The number of nitrogens with one attached hydrogen (secondary N) is 4. The zero-order chi connectivity index (χ0) is 29.9. The molecule has 3 aliphatic heterocycles. The number of nitrogens with two attached hydrogens (primary N) is 3. The van der Waals surface area contributed by atoms with Crippen LogP contribution in [0.3, 0.4) is 0 Å². The molecule has 3 heterocycles. The molecule has 0 aromatic rings. The third-order valence-corrected chi connectivity index (χ3v) is 8.43. The fraction of sp³-hybridized carbons (Fsp3) is 0.920. The SMILES string of the molecule is CN[C@@H]1C(O)=C(OC2C(O)C(O[C@H]3O[C@H](CNCCO)CCC3N)[C@@H](N)C[C@H]2NC(N)C2(O)CNC2)OCC1(C)O. The summed E-state index contributed by atoms with van der Waals surface area (Å²) in [6.45, 7) is 2.85. The Balaban J connectivity index is 1.53. The number of aliphatic hydroxyl groups is 5. The van der Waals surface area contributed by atoms with Crippen LogP contribution in [-0.2, 0) is 18.9 Å². The average Bonchev–Trinajstić information content (AvgIpc) is 2.90. The maximum absolute atomic E-state index is 11.6. The number of likely N-dealkylation sites (N-methyl/N-ethyl adjacent to an activating group) is 1. The minimum Gasteiger partial charge on any atom is -0.504 e. The van der Waals surface area contributed by atoms with Gasteiger partial charge in [0, 0.05) is 38.3 Å². The van der Waals surface area contributed by atoms with Gasteiger partial charge in [-0.05, 0) is 33.2 Å². The van der Waals surface area contributed by atoms with E-state index >= 15 is 0 Å². The van der Waals surface area contributed by atoms with Crippen molar-refractivity contribution >= 4 is 0 Å². The summed E-state index contributed by atoms with van der Waals surface area (Å²) < 4.78 is 24.0. The van der Waals surface area contributed by atoms with Crippen LogP contribution in [0.4, 0.5) is 0 Å². The molecule has 1 saturated carbocycles. The fourth-order valence-corrected chi connectivity index (χ4v) is 5.82. The number of aliphatic hydroxyl groups excluding tert-OH is 3. The van der Waals surface area contributed by atoms with Gasteiger partial charge in [-0.1, -0.05) is 0 Å². The molecule has 0 aromatic heterocycles. The molecular weight excluding hydrogens is 542 g/mol. The lowest BCUT2D eigenvalue weighted by Crippen LogP contribution is -2.75. The average molecular weight is 592 g/mol. The quantitative estimate of drug-likeness (QED) is 0.0748. The Morgan fingerprint density at radius 3 is 2.54 bits per heavy atom. The van der Waals surface area contributed by atoms with Gasteiger partial charge in [0.2, 0.25) is 0 Å². The van der Waals surface area contributed by atoms with E-state index in [1.54, 1.807) is 7.05 Å². The molecule has 16 heteroatoms. The van der Waals surface area contributed by atoms with Gasteiger partial charge in [-0.3, -0.25) is 5.32 Å². The molecule has 0 spiro atoms. The van der Waals surface area contributed by atoms with E-state index in [1.807, 2.05) is 0 Å². The van der Waals surface area contributed by atoms with Gasteiger partial charge < -0.3 is 77.6 Å². The Morgan fingerprint density at radius 1 is 1.17 bits per heavy atom. The first-order valence-electron chi connectivity index (χ1n) is 14.3. The molecule has 6 unspecified atom stereocenters. The maximum atomic E-state index is 11.6. The third kappa shape index (κ3) is 7.23. The van der Waals surface area contributed by atoms with Gasteiger partial charge in [-0.25, -0.2) is 0 Å². The first kappa shape index (κ1) is 32.5. The second-order valence-electron chi connectivity index (χ2n) is 11.9. The summed E-state index contributed by atoms with van der Waals surface area (Å²) in [4.78, 5) is 0. The molecule has 238 valence electrons. The molecule has 3 fully saturated rings. The van der Waals surface area contributed by atoms with Crippen LogP contribution in [-0.4, -0.2) is 144 Å². The summed E-state index contributed by atoms with van der Waals surface area (Å²) in [5.74, 6) is -0.636. The summed E-state index contributed by atoms with van der Waals surface area (Å²) in [7, 11) is 1.58. The smallest absolute Gasteiger partial charge is 0.321 e. The Labute approximate surface area is 239 Å². The van der Waals surface area contributed by atoms with E-state index in [2.05, 4.69) is 21.3 Å². The van der Waals surface area contributed by atoms with Gasteiger partial charge >= 0.3 is 5.95 Å². The first-order chi connectivity index (χ1) is 19.4. The van der Waals surface area contributed by atoms with Crippen molar-refractivity contribution in [1.82, 2.24) is 21.3 Å². The largest absolute Gasteiger partial charge is 0.504 e. The lowest BCUT2D eigenvalue weighted by Gasteiger charge is -2.49. The van der Waals surface area contributed by atoms with Crippen molar-refractivity contribution in [3.8, 4) is 0 Å². The van der Waals surface area contributed by atoms with Crippen LogP contribution in [0.2, 0.25) is 0 Å². The normalized spacial score (nSPS) is 41.8. The van der Waals surface area contributed by atoms with Crippen LogP contribution in [0.25, 0.3) is 0 Å². The van der Waals surface area contributed by atoms with E-state index in [0.29, 0.717) is 39.0 Å². The molecular formula is C25H49N7O9. The predicted octanol–water partition coefficient (Wildman–Crippen LogP) is -5.06. The van der Waals surface area contributed by atoms with Crippen LogP contribution in [0, 0.1) is 0 Å². The van der Waals surface area contributed by atoms with Gasteiger partial charge in [0.05, 0.1) is 24.9 Å². The van der Waals surface area contributed by atoms with Crippen LogP contribution in [0.1, 0.15) is 26.2 Å². The van der Waals surface area contributed by atoms with Crippen LogP contribution >= 0.6 is 0 Å². The van der Waals surface area contributed by atoms with Gasteiger partial charge in [-0.15, -0.1) is 0 Å². The summed E-state index contributed by atoms with van der Waals surface area (Å²) in [5.41, 5.74) is 16.5. The lowest BCUT2D eigenvalue weighted by atomic mass is 9.82. The number of hydrogen-bond donors (Lipinski definition) is 12. The highest BCUT2D eigenvalue weighted by Crippen LogP contribution is 2.33. The van der Waals surface area contributed by atoms with Crippen molar-refractivity contribution in [3.63, 3.8) is 0 Å². The standard InChI is InChI=1S/C25H49N7O9/c1-24(36)11-38-22(17(35)20(24)29-2)41-19-15(32-23(28)25(37)9-31-10-25)7-14(27)18(16(19)34)40-21-13(26)4-3-12(39-21)8-30-5-6-33/h12-16,18-21,23,29-37H,3-11,26-28H2,1-2H3/t12-,13?,14-,15+,16?,18?,19?,20+,21+,23?,24?/m0/s1. The van der Waals surface area contributed by atoms with Crippen molar-refractivity contribution in [2.75, 3.05) is 46.4 Å². The van der Waals surface area contributed by atoms with Crippen LogP contribution in [0.5, 0.6) is 0 Å². The first-order valence-corrected chi connectivity index (χ1v) is 14.3. The van der Waals surface area contributed by atoms with Crippen molar-refractivity contribution in [2.45, 2.75) is 98.4 Å². The monoisotopic (exact) mass is 591 g/mol. The molecule has 0 amide bonds. The zero-order valence-corrected chi connectivity index (χ0v) is 23.7. The fourth-order valence-electron chi connectivity index (χ4n) is 5.82. The molecule has 2 saturated heterocycles. The van der Waals surface area contributed by atoms with Crippen LogP contribution < -0.4 is 38.5 Å². The molecule has 0 bridgehead atoms. The van der Waals surface area contributed by atoms with E-state index in [1.165, 1.54) is 6.92 Å². The van der Waals surface area contributed by atoms with Gasteiger partial charge in [0.25, 0.3) is 0 Å². The summed E-state index contributed by atoms with van der Waals surface area (Å²) in [6.07, 6.45) is -3.82. The van der Waals surface area contributed by atoms with Gasteiger partial charge in [0.1, 0.15) is 42.2 Å². The second-order valence-corrected chi connectivity index (χ2v) is 11.9. The van der Waals surface area contributed by atoms with E-state index < -0.39 is 66.1 Å². The number of rotatable bonds is 12. The molecule has 0 radical (unpaired) electrons. The molecule has 0 aromatic carbocycles. The van der Waals surface area contributed by atoms with E-state index in [9.17, 15) is 20.4 Å². The second kappa shape index (κ2) is 13.5. The number of β-amino-alcohol motifs (C(OH)–C–C–N with tert-alkyl or cyclic N) is 1. The predicted molar refractivity (Wildman–Crippen MR) is 146 cm³/mol. The molecule has 15 N–H and O–H groups in total. The van der Waals surface area contributed by atoms with Crippen molar-refractivity contribution < 1.29 is 44.5 Å². The summed E-state index contributed by atoms with van der Waals surface area (Å²) >= 11 is 0. The summed E-state index contributed by atoms with van der Waals surface area (Å²) in [5, 5.41) is 65.0. The highest BCUT2D eigenvalue weighted by Gasteiger charge is 2.51. The zero-order valence-electron chi connectivity index (χ0n) is 23.7. The number of ether oxygens (including phenoxy) is 4. The Kier molecular flexibility index (Phi) is 10.7.